The lowest BCUT2D eigenvalue weighted by molar-refractivity contribution is -0.368. The largest absolute Gasteiger partial charge is 1.00 e. The second-order valence-electron chi connectivity index (χ2n) is 8.15. The van der Waals surface area contributed by atoms with Crippen molar-refractivity contribution in [1.29, 1.82) is 0 Å². The first kappa shape index (κ1) is 23.2. The Balaban J connectivity index is 0.00000300. The quantitative estimate of drug-likeness (QED) is 0.473. The van der Waals surface area contributed by atoms with Crippen LogP contribution in [0.2, 0.25) is 0 Å². The van der Waals surface area contributed by atoms with Crippen LogP contribution in [0, 0.1) is 5.41 Å². The highest BCUT2D eigenvalue weighted by atomic mass is 35.5. The average molecular weight is 408 g/mol. The summed E-state index contributed by atoms with van der Waals surface area (Å²) >= 11 is 0. The lowest BCUT2D eigenvalue weighted by Crippen LogP contribution is -3.00. The molecule has 0 saturated carbocycles. The second kappa shape index (κ2) is 12.5. The maximum absolute atomic E-state index is 4.02. The highest BCUT2D eigenvalue weighted by Gasteiger charge is 2.30. The third-order valence-corrected chi connectivity index (χ3v) is 5.72. The number of benzene rings is 3. The Morgan fingerprint density at radius 3 is 1.24 bits per heavy atom. The molecule has 0 saturated heterocycles. The predicted octanol–water partition coefficient (Wildman–Crippen LogP) is 2.51. The topological polar surface area (TPSA) is 27.6 Å². The first-order chi connectivity index (χ1) is 13.8. The molecule has 0 radical (unpaired) electrons. The fourth-order valence-electron chi connectivity index (χ4n) is 4.39. The number of hydrogen-bond acceptors (Lipinski definition) is 0. The van der Waals surface area contributed by atoms with E-state index >= 15 is 0 Å². The highest BCUT2D eigenvalue weighted by Crippen LogP contribution is 2.37. The van der Waals surface area contributed by atoms with Crippen molar-refractivity contribution in [2.24, 2.45) is 5.41 Å². The van der Waals surface area contributed by atoms with Crippen molar-refractivity contribution in [3.63, 3.8) is 0 Å². The SMILES string of the molecule is [Cl-].[NH3+]CCCCCC(Cc1ccccc1)(Cc1ccccc1)Cc1ccccc1. The molecule has 0 aliphatic rings. The van der Waals surface area contributed by atoms with Crippen LogP contribution >= 0.6 is 0 Å². The summed E-state index contributed by atoms with van der Waals surface area (Å²) in [4.78, 5) is 0. The molecule has 3 aromatic carbocycles. The van der Waals surface area contributed by atoms with Crippen LogP contribution < -0.4 is 18.1 Å². The molecular formula is C27H34ClN. The van der Waals surface area contributed by atoms with Gasteiger partial charge < -0.3 is 18.1 Å². The predicted molar refractivity (Wildman–Crippen MR) is 119 cm³/mol. The molecule has 0 aliphatic carbocycles. The van der Waals surface area contributed by atoms with Gasteiger partial charge in [-0.15, -0.1) is 0 Å². The van der Waals surface area contributed by atoms with Gasteiger partial charge in [0.15, 0.2) is 0 Å². The Hall–Kier alpha value is -2.09. The lowest BCUT2D eigenvalue weighted by Gasteiger charge is -2.35. The van der Waals surface area contributed by atoms with Gasteiger partial charge in [0.25, 0.3) is 0 Å². The Kier molecular flexibility index (Phi) is 9.97. The Morgan fingerprint density at radius 1 is 0.517 bits per heavy atom. The molecule has 0 unspecified atom stereocenters. The zero-order valence-electron chi connectivity index (χ0n) is 17.4. The van der Waals surface area contributed by atoms with Gasteiger partial charge in [-0.2, -0.15) is 0 Å². The molecule has 0 fully saturated rings. The maximum atomic E-state index is 4.02. The van der Waals surface area contributed by atoms with E-state index < -0.39 is 0 Å². The molecule has 3 N–H and O–H groups in total. The van der Waals surface area contributed by atoms with Gasteiger partial charge in [-0.25, -0.2) is 0 Å². The minimum atomic E-state index is 0. The summed E-state index contributed by atoms with van der Waals surface area (Å²) in [5, 5.41) is 0. The van der Waals surface area contributed by atoms with Crippen molar-refractivity contribution in [1.82, 2.24) is 0 Å². The van der Waals surface area contributed by atoms with Crippen LogP contribution in [0.4, 0.5) is 0 Å². The monoisotopic (exact) mass is 407 g/mol. The van der Waals surface area contributed by atoms with E-state index in [1.807, 2.05) is 0 Å². The number of hydrogen-bond donors (Lipinski definition) is 1. The minimum absolute atomic E-state index is 0. The van der Waals surface area contributed by atoms with Crippen molar-refractivity contribution < 1.29 is 18.1 Å². The van der Waals surface area contributed by atoms with E-state index in [0.29, 0.717) is 0 Å². The fraction of sp³-hybridized carbons (Fsp3) is 0.333. The molecule has 0 aromatic heterocycles. The van der Waals surface area contributed by atoms with Gasteiger partial charge in [0.05, 0.1) is 6.54 Å². The van der Waals surface area contributed by atoms with Crippen LogP contribution in [-0.2, 0) is 19.3 Å². The second-order valence-corrected chi connectivity index (χ2v) is 8.15. The van der Waals surface area contributed by atoms with E-state index in [9.17, 15) is 0 Å². The molecule has 0 spiro atoms. The summed E-state index contributed by atoms with van der Waals surface area (Å²) in [5.74, 6) is 0. The lowest BCUT2D eigenvalue weighted by atomic mass is 9.69. The Labute approximate surface area is 182 Å². The molecular weight excluding hydrogens is 374 g/mol. The maximum Gasteiger partial charge on any atom is 0.0739 e. The molecule has 154 valence electrons. The van der Waals surface area contributed by atoms with Crippen LogP contribution in [0.5, 0.6) is 0 Å². The number of halogens is 1. The fourth-order valence-corrected chi connectivity index (χ4v) is 4.39. The van der Waals surface area contributed by atoms with Gasteiger partial charge in [0.1, 0.15) is 0 Å². The summed E-state index contributed by atoms with van der Waals surface area (Å²) in [6.07, 6.45) is 8.43. The zero-order chi connectivity index (χ0) is 19.5. The van der Waals surface area contributed by atoms with Gasteiger partial charge in [-0.05, 0) is 60.6 Å². The zero-order valence-corrected chi connectivity index (χ0v) is 18.2. The van der Waals surface area contributed by atoms with Gasteiger partial charge in [0, 0.05) is 0 Å². The Bertz CT molecular complexity index is 685. The summed E-state index contributed by atoms with van der Waals surface area (Å²) in [7, 11) is 0. The summed E-state index contributed by atoms with van der Waals surface area (Å²) in [6, 6.07) is 33.2. The van der Waals surface area contributed by atoms with Gasteiger partial charge in [-0.1, -0.05) is 97.4 Å². The van der Waals surface area contributed by atoms with Crippen molar-refractivity contribution in [2.45, 2.75) is 44.9 Å². The highest BCUT2D eigenvalue weighted by molar-refractivity contribution is 5.24. The average Bonchev–Trinajstić information content (AvgIpc) is 2.73. The first-order valence-electron chi connectivity index (χ1n) is 10.7. The summed E-state index contributed by atoms with van der Waals surface area (Å²) in [5.41, 5.74) is 8.62. The molecule has 0 aliphatic heterocycles. The molecule has 1 nitrogen and oxygen atoms in total. The van der Waals surface area contributed by atoms with E-state index in [1.54, 1.807) is 0 Å². The van der Waals surface area contributed by atoms with Crippen molar-refractivity contribution in [2.75, 3.05) is 6.54 Å². The van der Waals surface area contributed by atoms with Crippen molar-refractivity contribution >= 4 is 0 Å². The van der Waals surface area contributed by atoms with E-state index in [-0.39, 0.29) is 17.8 Å². The van der Waals surface area contributed by atoms with Crippen molar-refractivity contribution in [3.05, 3.63) is 108 Å². The van der Waals surface area contributed by atoms with E-state index in [2.05, 4.69) is 96.7 Å². The number of quaternary nitrogens is 1. The molecule has 29 heavy (non-hydrogen) atoms. The molecule has 2 heteroatoms. The normalized spacial score (nSPS) is 11.1. The molecule has 3 aromatic rings. The van der Waals surface area contributed by atoms with Crippen LogP contribution in [0.3, 0.4) is 0 Å². The van der Waals surface area contributed by atoms with Crippen molar-refractivity contribution in [3.8, 4) is 0 Å². The first-order valence-corrected chi connectivity index (χ1v) is 10.7. The molecule has 3 rings (SSSR count). The standard InChI is InChI=1S/C27H33N.ClH/c28-20-12-4-11-19-27(21-24-13-5-1-6-14-24,22-25-15-7-2-8-16-25)23-26-17-9-3-10-18-26;/h1-3,5-10,13-18H,4,11-12,19-23,28H2;1H. The van der Waals surface area contributed by atoms with Crippen LogP contribution in [0.1, 0.15) is 42.4 Å². The van der Waals surface area contributed by atoms with Crippen LogP contribution in [0.25, 0.3) is 0 Å². The molecule has 0 atom stereocenters. The van der Waals surface area contributed by atoms with Crippen LogP contribution in [-0.4, -0.2) is 6.54 Å². The van der Waals surface area contributed by atoms with Gasteiger partial charge >= 0.3 is 0 Å². The van der Waals surface area contributed by atoms with E-state index in [0.717, 1.165) is 25.8 Å². The third-order valence-electron chi connectivity index (χ3n) is 5.72. The molecule has 0 amide bonds. The summed E-state index contributed by atoms with van der Waals surface area (Å²) < 4.78 is 0. The van der Waals surface area contributed by atoms with E-state index in [1.165, 1.54) is 42.4 Å². The Morgan fingerprint density at radius 2 is 0.897 bits per heavy atom. The third kappa shape index (κ3) is 7.68. The summed E-state index contributed by atoms with van der Waals surface area (Å²) in [6.45, 7) is 1.04. The molecule has 0 bridgehead atoms. The van der Waals surface area contributed by atoms with E-state index in [4.69, 9.17) is 0 Å². The minimum Gasteiger partial charge on any atom is -1.00 e. The number of rotatable bonds is 11. The van der Waals surface area contributed by atoms with Crippen LogP contribution in [0.15, 0.2) is 91.0 Å². The van der Waals surface area contributed by atoms with Gasteiger partial charge in [0.2, 0.25) is 0 Å². The van der Waals surface area contributed by atoms with Gasteiger partial charge in [-0.3, -0.25) is 0 Å². The molecule has 0 heterocycles. The number of unbranched alkanes of at least 4 members (excludes halogenated alkanes) is 2. The smallest absolute Gasteiger partial charge is 0.0739 e.